The standard InChI is InChI=1S/C19H19FN2O2/c20-16-6-8-17(9-7-16)21-19(24)22-12-10-15(11-13-22)18(23)14-4-2-1-3-5-14/h1-9,15H,10-13H2,(H,21,24). The molecule has 1 aliphatic heterocycles. The molecule has 1 aliphatic rings. The number of halogens is 1. The lowest BCUT2D eigenvalue weighted by molar-refractivity contribution is 0.0859. The molecule has 0 radical (unpaired) electrons. The molecule has 1 heterocycles. The van der Waals surface area contributed by atoms with Crippen LogP contribution in [0.1, 0.15) is 23.2 Å². The first-order chi connectivity index (χ1) is 11.6. The maximum Gasteiger partial charge on any atom is 0.321 e. The van der Waals surface area contributed by atoms with E-state index in [4.69, 9.17) is 0 Å². The minimum atomic E-state index is -0.340. The topological polar surface area (TPSA) is 49.4 Å². The molecule has 5 heteroatoms. The summed E-state index contributed by atoms with van der Waals surface area (Å²) in [5.74, 6) is -0.232. The summed E-state index contributed by atoms with van der Waals surface area (Å²) in [6.45, 7) is 1.08. The van der Waals surface area contributed by atoms with Gasteiger partial charge in [-0.05, 0) is 37.1 Å². The van der Waals surface area contributed by atoms with E-state index in [0.29, 0.717) is 31.6 Å². The van der Waals surface area contributed by atoms with Crippen molar-refractivity contribution in [1.82, 2.24) is 4.90 Å². The van der Waals surface area contributed by atoms with Crippen molar-refractivity contribution >= 4 is 17.5 Å². The van der Waals surface area contributed by atoms with E-state index in [1.54, 1.807) is 4.90 Å². The monoisotopic (exact) mass is 326 g/mol. The van der Waals surface area contributed by atoms with Gasteiger partial charge in [0, 0.05) is 30.3 Å². The number of hydrogen-bond donors (Lipinski definition) is 1. The van der Waals surface area contributed by atoms with Crippen molar-refractivity contribution in [2.75, 3.05) is 18.4 Å². The van der Waals surface area contributed by atoms with Gasteiger partial charge in [0.2, 0.25) is 0 Å². The van der Waals surface area contributed by atoms with Crippen LogP contribution in [0.4, 0.5) is 14.9 Å². The maximum atomic E-state index is 12.9. The van der Waals surface area contributed by atoms with Crippen molar-refractivity contribution in [1.29, 1.82) is 0 Å². The van der Waals surface area contributed by atoms with E-state index in [1.807, 2.05) is 30.3 Å². The summed E-state index contributed by atoms with van der Waals surface area (Å²) in [6, 6.07) is 14.7. The lowest BCUT2D eigenvalue weighted by Crippen LogP contribution is -2.42. The highest BCUT2D eigenvalue weighted by Crippen LogP contribution is 2.22. The number of piperidine rings is 1. The van der Waals surface area contributed by atoms with Gasteiger partial charge >= 0.3 is 6.03 Å². The van der Waals surface area contributed by atoms with E-state index in [0.717, 1.165) is 5.56 Å². The summed E-state index contributed by atoms with van der Waals surface area (Å²) in [4.78, 5) is 26.4. The number of urea groups is 1. The molecule has 124 valence electrons. The SMILES string of the molecule is O=C(c1ccccc1)C1CCN(C(=O)Nc2ccc(F)cc2)CC1. The van der Waals surface area contributed by atoms with Gasteiger partial charge in [-0.15, -0.1) is 0 Å². The lowest BCUT2D eigenvalue weighted by atomic mass is 9.89. The van der Waals surface area contributed by atoms with Crippen LogP contribution in [0, 0.1) is 11.7 Å². The van der Waals surface area contributed by atoms with E-state index >= 15 is 0 Å². The van der Waals surface area contributed by atoms with E-state index in [9.17, 15) is 14.0 Å². The minimum absolute atomic E-state index is 0.0396. The van der Waals surface area contributed by atoms with Crippen LogP contribution in [0.3, 0.4) is 0 Å². The van der Waals surface area contributed by atoms with Crippen molar-refractivity contribution < 1.29 is 14.0 Å². The molecular formula is C19H19FN2O2. The molecule has 3 rings (SSSR count). The Morgan fingerprint density at radius 3 is 2.21 bits per heavy atom. The summed E-state index contributed by atoms with van der Waals surface area (Å²) < 4.78 is 12.9. The molecule has 0 unspecified atom stereocenters. The number of ketones is 1. The third-order valence-corrected chi connectivity index (χ3v) is 4.31. The largest absolute Gasteiger partial charge is 0.324 e. The average Bonchev–Trinajstić information content (AvgIpc) is 2.64. The first-order valence-corrected chi connectivity index (χ1v) is 8.04. The molecule has 2 aromatic carbocycles. The number of hydrogen-bond acceptors (Lipinski definition) is 2. The van der Waals surface area contributed by atoms with Crippen LogP contribution in [0.2, 0.25) is 0 Å². The predicted molar refractivity (Wildman–Crippen MR) is 90.5 cm³/mol. The molecule has 0 aromatic heterocycles. The fourth-order valence-electron chi connectivity index (χ4n) is 2.92. The number of nitrogens with zero attached hydrogens (tertiary/aromatic N) is 1. The summed E-state index contributed by atoms with van der Waals surface area (Å²) in [5, 5.41) is 2.75. The Hall–Kier alpha value is -2.69. The minimum Gasteiger partial charge on any atom is -0.324 e. The van der Waals surface area contributed by atoms with E-state index in [2.05, 4.69) is 5.32 Å². The first kappa shape index (κ1) is 16.2. The molecule has 2 amide bonds. The molecule has 4 nitrogen and oxygen atoms in total. The molecule has 0 spiro atoms. The van der Waals surface area contributed by atoms with Gasteiger partial charge in [-0.2, -0.15) is 0 Å². The number of carbonyl (C=O) groups is 2. The Labute approximate surface area is 140 Å². The summed E-state index contributed by atoms with van der Waals surface area (Å²) in [5.41, 5.74) is 1.29. The smallest absolute Gasteiger partial charge is 0.321 e. The quantitative estimate of drug-likeness (QED) is 0.868. The Morgan fingerprint density at radius 1 is 0.958 bits per heavy atom. The number of amides is 2. The molecule has 1 saturated heterocycles. The molecule has 0 aliphatic carbocycles. The maximum absolute atomic E-state index is 12.9. The first-order valence-electron chi connectivity index (χ1n) is 8.04. The number of anilines is 1. The van der Waals surface area contributed by atoms with Crippen molar-refractivity contribution in [2.24, 2.45) is 5.92 Å². The third kappa shape index (κ3) is 3.79. The fourth-order valence-corrected chi connectivity index (χ4v) is 2.92. The molecule has 2 aromatic rings. The fraction of sp³-hybridized carbons (Fsp3) is 0.263. The summed E-state index contributed by atoms with van der Waals surface area (Å²) >= 11 is 0. The van der Waals surface area contributed by atoms with E-state index in [1.165, 1.54) is 24.3 Å². The van der Waals surface area contributed by atoms with E-state index < -0.39 is 0 Å². The average molecular weight is 326 g/mol. The summed E-state index contributed by atoms with van der Waals surface area (Å²) in [7, 11) is 0. The van der Waals surface area contributed by atoms with Gasteiger partial charge in [0.05, 0.1) is 0 Å². The second-order valence-corrected chi connectivity index (χ2v) is 5.93. The molecule has 0 bridgehead atoms. The normalized spacial score (nSPS) is 15.1. The van der Waals surface area contributed by atoms with Crippen molar-refractivity contribution in [3.63, 3.8) is 0 Å². The number of benzene rings is 2. The molecule has 0 atom stereocenters. The highest BCUT2D eigenvalue weighted by molar-refractivity contribution is 5.98. The number of likely N-dealkylation sites (tertiary alicyclic amines) is 1. The van der Waals surface area contributed by atoms with Crippen LogP contribution in [0.5, 0.6) is 0 Å². The van der Waals surface area contributed by atoms with Crippen LogP contribution >= 0.6 is 0 Å². The van der Waals surface area contributed by atoms with Gasteiger partial charge in [0.15, 0.2) is 5.78 Å². The number of carbonyl (C=O) groups excluding carboxylic acids is 2. The summed E-state index contributed by atoms with van der Waals surface area (Å²) in [6.07, 6.45) is 1.31. The molecular weight excluding hydrogens is 307 g/mol. The Morgan fingerprint density at radius 2 is 1.58 bits per heavy atom. The molecule has 1 fully saturated rings. The predicted octanol–water partition coefficient (Wildman–Crippen LogP) is 3.95. The van der Waals surface area contributed by atoms with Crippen LogP contribution < -0.4 is 5.32 Å². The zero-order chi connectivity index (χ0) is 16.9. The van der Waals surface area contributed by atoms with Gasteiger partial charge in [-0.3, -0.25) is 4.79 Å². The number of Topliss-reactive ketones (excluding diaryl/α,β-unsaturated/α-hetero) is 1. The van der Waals surface area contributed by atoms with Crippen molar-refractivity contribution in [2.45, 2.75) is 12.8 Å². The van der Waals surface area contributed by atoms with Gasteiger partial charge in [0.1, 0.15) is 5.82 Å². The molecule has 0 saturated carbocycles. The van der Waals surface area contributed by atoms with Crippen LogP contribution in [-0.2, 0) is 0 Å². The molecule has 24 heavy (non-hydrogen) atoms. The highest BCUT2D eigenvalue weighted by Gasteiger charge is 2.27. The van der Waals surface area contributed by atoms with Gasteiger partial charge < -0.3 is 10.2 Å². The van der Waals surface area contributed by atoms with Crippen molar-refractivity contribution in [3.05, 3.63) is 66.0 Å². The van der Waals surface area contributed by atoms with Gasteiger partial charge in [0.25, 0.3) is 0 Å². The third-order valence-electron chi connectivity index (χ3n) is 4.31. The van der Waals surface area contributed by atoms with Crippen LogP contribution in [0.25, 0.3) is 0 Å². The van der Waals surface area contributed by atoms with Gasteiger partial charge in [-0.1, -0.05) is 30.3 Å². The second kappa shape index (κ2) is 7.25. The van der Waals surface area contributed by atoms with Crippen LogP contribution in [-0.4, -0.2) is 29.8 Å². The van der Waals surface area contributed by atoms with E-state index in [-0.39, 0.29) is 23.5 Å². The second-order valence-electron chi connectivity index (χ2n) is 5.93. The van der Waals surface area contributed by atoms with Crippen LogP contribution in [0.15, 0.2) is 54.6 Å². The number of rotatable bonds is 3. The Kier molecular flexibility index (Phi) is 4.89. The van der Waals surface area contributed by atoms with Crippen molar-refractivity contribution in [3.8, 4) is 0 Å². The Balaban J connectivity index is 1.54. The Bertz CT molecular complexity index is 708. The molecule has 1 N–H and O–H groups in total. The van der Waals surface area contributed by atoms with Gasteiger partial charge in [-0.25, -0.2) is 9.18 Å². The highest BCUT2D eigenvalue weighted by atomic mass is 19.1. The zero-order valence-corrected chi connectivity index (χ0v) is 13.2. The zero-order valence-electron chi connectivity index (χ0n) is 13.2. The number of nitrogens with one attached hydrogen (secondary N) is 1. The lowest BCUT2D eigenvalue weighted by Gasteiger charge is -2.31.